The lowest BCUT2D eigenvalue weighted by molar-refractivity contribution is -0.142. The molecule has 238 valence electrons. The Bertz CT molecular complexity index is 1820. The first-order chi connectivity index (χ1) is 22.3. The topological polar surface area (TPSA) is 169 Å². The number of nitrogens with two attached hydrogens (primary N) is 1. The number of halogens is 1. The van der Waals surface area contributed by atoms with Crippen LogP contribution in [0.15, 0.2) is 54.9 Å². The van der Waals surface area contributed by atoms with E-state index in [1.165, 1.54) is 9.58 Å². The number of cyclic esters (lactones) is 1. The zero-order valence-corrected chi connectivity index (χ0v) is 24.9. The van der Waals surface area contributed by atoms with Gasteiger partial charge in [-0.15, -0.1) is 0 Å². The Morgan fingerprint density at radius 2 is 2.04 bits per heavy atom. The number of anilines is 1. The highest BCUT2D eigenvalue weighted by Gasteiger charge is 2.40. The molecule has 4 unspecified atom stereocenters. The van der Waals surface area contributed by atoms with E-state index in [-0.39, 0.29) is 37.2 Å². The second kappa shape index (κ2) is 12.1. The molecule has 2 saturated heterocycles. The van der Waals surface area contributed by atoms with Gasteiger partial charge in [0.25, 0.3) is 5.91 Å². The second-order valence-electron chi connectivity index (χ2n) is 11.9. The first-order valence-electron chi connectivity index (χ1n) is 15.2. The lowest BCUT2D eigenvalue weighted by atomic mass is 9.96. The number of carbonyl (C=O) groups excluding carboxylic acids is 3. The number of aromatic nitrogens is 4. The Labute approximate surface area is 263 Å². The molecule has 3 aliphatic rings. The smallest absolute Gasteiger partial charge is 0.323 e. The van der Waals surface area contributed by atoms with Crippen molar-refractivity contribution in [1.29, 1.82) is 0 Å². The van der Waals surface area contributed by atoms with Crippen molar-refractivity contribution in [2.45, 2.75) is 56.8 Å². The number of ether oxygens (including phenoxy) is 1. The van der Waals surface area contributed by atoms with Crippen molar-refractivity contribution in [3.63, 3.8) is 0 Å². The minimum Gasteiger partial charge on any atom is -0.464 e. The summed E-state index contributed by atoms with van der Waals surface area (Å²) in [5.74, 6) is -1.40. The highest BCUT2D eigenvalue weighted by molar-refractivity contribution is 6.05. The zero-order chi connectivity index (χ0) is 31.9. The number of benzene rings is 2. The van der Waals surface area contributed by atoms with Gasteiger partial charge in [-0.1, -0.05) is 18.2 Å². The normalized spacial score (nSPS) is 22.1. The van der Waals surface area contributed by atoms with E-state index in [1.807, 2.05) is 24.3 Å². The number of likely N-dealkylation sites (tertiary alicyclic amines) is 1. The van der Waals surface area contributed by atoms with Crippen LogP contribution in [-0.2, 0) is 33.8 Å². The number of esters is 1. The van der Waals surface area contributed by atoms with Crippen LogP contribution in [0.3, 0.4) is 0 Å². The number of amides is 2. The number of nitrogens with zero attached hydrogens (tertiary/aromatic N) is 6. The van der Waals surface area contributed by atoms with Crippen molar-refractivity contribution < 1.29 is 28.6 Å². The molecule has 7 rings (SSSR count). The minimum atomic E-state index is -1.32. The van der Waals surface area contributed by atoms with Crippen LogP contribution in [0.5, 0.6) is 0 Å². The molecular formula is C32H33FN8O5. The van der Waals surface area contributed by atoms with Gasteiger partial charge in [-0.2, -0.15) is 15.3 Å². The Balaban J connectivity index is 1.09. The van der Waals surface area contributed by atoms with Crippen LogP contribution in [0.2, 0.25) is 0 Å². The number of hydrogen-bond donors (Lipinski definition) is 3. The maximum Gasteiger partial charge on any atom is 0.323 e. The first-order valence-corrected chi connectivity index (χ1v) is 15.2. The summed E-state index contributed by atoms with van der Waals surface area (Å²) in [4.78, 5) is 41.5. The maximum atomic E-state index is 14.8. The Morgan fingerprint density at radius 3 is 2.80 bits per heavy atom. The third kappa shape index (κ3) is 5.54. The number of fused-ring (bicyclic) bond motifs is 2. The van der Waals surface area contributed by atoms with Crippen molar-refractivity contribution >= 4 is 34.4 Å². The number of carbonyl (C=O) groups is 3. The van der Waals surface area contributed by atoms with E-state index in [0.29, 0.717) is 49.1 Å². The summed E-state index contributed by atoms with van der Waals surface area (Å²) in [7, 11) is 0. The molecule has 0 saturated carbocycles. The van der Waals surface area contributed by atoms with E-state index in [1.54, 1.807) is 30.6 Å². The lowest BCUT2D eigenvalue weighted by Crippen LogP contribution is -2.47. The summed E-state index contributed by atoms with van der Waals surface area (Å²) in [6, 6.07) is 11.7. The zero-order valence-electron chi connectivity index (χ0n) is 24.9. The Morgan fingerprint density at radius 1 is 1.17 bits per heavy atom. The van der Waals surface area contributed by atoms with Gasteiger partial charge < -0.3 is 25.8 Å². The van der Waals surface area contributed by atoms with Gasteiger partial charge in [-0.25, -0.2) is 4.39 Å². The monoisotopic (exact) mass is 628 g/mol. The third-order valence-electron chi connectivity index (χ3n) is 9.11. The van der Waals surface area contributed by atoms with Gasteiger partial charge in [0.2, 0.25) is 5.91 Å². The summed E-state index contributed by atoms with van der Waals surface area (Å²) < 4.78 is 21.4. The molecular weight excluding hydrogens is 595 g/mol. The second-order valence-corrected chi connectivity index (χ2v) is 11.9. The largest absolute Gasteiger partial charge is 0.464 e. The molecule has 2 fully saturated rings. The molecule has 3 aliphatic heterocycles. The minimum absolute atomic E-state index is 0.00643. The molecule has 0 spiro atoms. The van der Waals surface area contributed by atoms with E-state index in [4.69, 9.17) is 10.5 Å². The van der Waals surface area contributed by atoms with Gasteiger partial charge >= 0.3 is 5.97 Å². The fourth-order valence-electron chi connectivity index (χ4n) is 6.85. The Kier molecular flexibility index (Phi) is 7.82. The van der Waals surface area contributed by atoms with Gasteiger partial charge in [-0.05, 0) is 47.4 Å². The highest BCUT2D eigenvalue weighted by Crippen LogP contribution is 2.32. The molecule has 5 heterocycles. The molecule has 0 aliphatic carbocycles. The average Bonchev–Trinajstić information content (AvgIpc) is 3.77. The van der Waals surface area contributed by atoms with Crippen molar-refractivity contribution in [2.75, 3.05) is 25.0 Å². The molecule has 0 radical (unpaired) electrons. The fourth-order valence-corrected chi connectivity index (χ4v) is 6.85. The number of aliphatic hydroxyl groups excluding tert-OH is 1. The van der Waals surface area contributed by atoms with Gasteiger partial charge in [0.15, 0.2) is 5.69 Å². The maximum absolute atomic E-state index is 14.8. The van der Waals surface area contributed by atoms with Crippen LogP contribution in [0, 0.1) is 0 Å². The van der Waals surface area contributed by atoms with E-state index in [0.717, 1.165) is 22.3 Å². The van der Waals surface area contributed by atoms with Crippen molar-refractivity contribution in [2.24, 2.45) is 5.73 Å². The van der Waals surface area contributed by atoms with Crippen LogP contribution < -0.4 is 11.1 Å². The number of aliphatic hydroxyl groups is 1. The molecule has 4 N–H and O–H groups in total. The predicted octanol–water partition coefficient (Wildman–Crippen LogP) is 1.64. The van der Waals surface area contributed by atoms with Crippen LogP contribution in [0.25, 0.3) is 22.0 Å². The quantitative estimate of drug-likeness (QED) is 0.193. The predicted molar refractivity (Wildman–Crippen MR) is 164 cm³/mol. The summed E-state index contributed by atoms with van der Waals surface area (Å²) in [5.41, 5.74) is 10.4. The van der Waals surface area contributed by atoms with E-state index in [2.05, 4.69) is 25.5 Å². The lowest BCUT2D eigenvalue weighted by Gasteiger charge is -2.34. The molecule has 4 atom stereocenters. The molecule has 46 heavy (non-hydrogen) atoms. The number of nitrogens with one attached hydrogen (secondary N) is 1. The van der Waals surface area contributed by atoms with Gasteiger partial charge in [0.1, 0.15) is 25.0 Å². The van der Waals surface area contributed by atoms with Crippen LogP contribution in [0.1, 0.15) is 34.5 Å². The molecule has 14 heteroatoms. The average molecular weight is 629 g/mol. The fraction of sp³-hybridized carbons (Fsp3) is 0.375. The number of alkyl halides is 1. The molecule has 2 aromatic carbocycles. The molecule has 2 aromatic heterocycles. The summed E-state index contributed by atoms with van der Waals surface area (Å²) in [5, 5.41) is 26.9. The standard InChI is InChI=1S/C32H33FN8O5/c33-21-13-27(31(44)37-24-3-1-2-20-15-39(10-7-22(20)24)26-8-11-46-32(26)45)40(16-21)28(42)17-41-25-5-4-18(19-6-9-35-36-14-19)12-23(25)29(38-41)30(34)43/h1-6,9,12,14,21,26-27,31,37,44H,7-8,10-11,13,15-17H2,(H2,34,43). The van der Waals surface area contributed by atoms with Gasteiger partial charge in [0.05, 0.1) is 37.1 Å². The molecule has 4 aromatic rings. The Hall–Kier alpha value is -4.95. The molecule has 0 bridgehead atoms. The van der Waals surface area contributed by atoms with Crippen molar-refractivity contribution in [3.8, 4) is 11.1 Å². The number of hydrogen-bond acceptors (Lipinski definition) is 10. The number of rotatable bonds is 8. The highest BCUT2D eigenvalue weighted by atomic mass is 19.1. The van der Waals surface area contributed by atoms with Gasteiger partial charge in [0, 0.05) is 42.6 Å². The van der Waals surface area contributed by atoms with E-state index in [9.17, 15) is 23.9 Å². The molecule has 2 amide bonds. The van der Waals surface area contributed by atoms with Crippen molar-refractivity contribution in [1.82, 2.24) is 29.8 Å². The third-order valence-corrected chi connectivity index (χ3v) is 9.11. The summed E-state index contributed by atoms with van der Waals surface area (Å²) in [6.45, 7) is 1.21. The van der Waals surface area contributed by atoms with Crippen molar-refractivity contribution in [3.05, 3.63) is 71.7 Å². The number of primary amides is 1. The SMILES string of the molecule is NC(=O)c1nn(CC(=O)N2CC(F)CC2C(O)Nc2cccc3c2CCN(C2CCOC2=O)C3)c2ccc(-c3ccnnc3)cc12. The molecule has 13 nitrogen and oxygen atoms in total. The van der Waals surface area contributed by atoms with Gasteiger partial charge in [-0.3, -0.25) is 24.0 Å². The van der Waals surface area contributed by atoms with Crippen LogP contribution >= 0.6 is 0 Å². The van der Waals surface area contributed by atoms with E-state index < -0.39 is 30.3 Å². The summed E-state index contributed by atoms with van der Waals surface area (Å²) in [6.07, 6.45) is 1.87. The van der Waals surface area contributed by atoms with E-state index >= 15 is 0 Å². The van der Waals surface area contributed by atoms with Crippen LogP contribution in [-0.4, -0.2) is 96.8 Å². The summed E-state index contributed by atoms with van der Waals surface area (Å²) >= 11 is 0. The van der Waals surface area contributed by atoms with Crippen LogP contribution in [0.4, 0.5) is 10.1 Å². The first kappa shape index (κ1) is 29.7.